The van der Waals surface area contributed by atoms with E-state index < -0.39 is 0 Å². The molecule has 0 bridgehead atoms. The predicted octanol–water partition coefficient (Wildman–Crippen LogP) is 2.78. The van der Waals surface area contributed by atoms with E-state index in [9.17, 15) is 4.79 Å². The van der Waals surface area contributed by atoms with Crippen LogP contribution in [0.1, 0.15) is 0 Å². The number of anilines is 1. The number of carbonyl (C=O) groups excluding carboxylic acids is 1. The number of hydroxylamine groups is 1. The third-order valence-electron chi connectivity index (χ3n) is 4.06. The molecule has 0 unspecified atom stereocenters. The highest BCUT2D eigenvalue weighted by atomic mass is 35.5. The van der Waals surface area contributed by atoms with Crippen LogP contribution in [-0.4, -0.2) is 62.3 Å². The molecule has 1 saturated heterocycles. The van der Waals surface area contributed by atoms with E-state index in [1.807, 2.05) is 11.0 Å². The molecule has 2 rings (SSSR count). The van der Waals surface area contributed by atoms with Crippen molar-refractivity contribution >= 4 is 23.3 Å². The van der Waals surface area contributed by atoms with Crippen LogP contribution in [0.4, 0.5) is 10.5 Å². The molecule has 6 heteroatoms. The summed E-state index contributed by atoms with van der Waals surface area (Å²) >= 11 is 5.99. The molecule has 5 nitrogen and oxygen atoms in total. The van der Waals surface area contributed by atoms with Gasteiger partial charge in [-0.2, -0.15) is 5.06 Å². The lowest BCUT2D eigenvalue weighted by Gasteiger charge is -2.42. The molecule has 1 aromatic carbocycles. The van der Waals surface area contributed by atoms with Crippen LogP contribution in [0.15, 0.2) is 36.9 Å². The van der Waals surface area contributed by atoms with Gasteiger partial charge in [0.2, 0.25) is 0 Å². The molecule has 0 N–H and O–H groups in total. The molecule has 1 aromatic rings. The molecular formula is C16H23ClN3O2+. The van der Waals surface area contributed by atoms with Gasteiger partial charge in [-0.05, 0) is 24.3 Å². The number of quaternary nitrogens is 1. The number of urea groups is 1. The minimum absolute atomic E-state index is 0.158. The number of hydrogen-bond donors (Lipinski definition) is 0. The van der Waals surface area contributed by atoms with Gasteiger partial charge in [0.05, 0.1) is 52.6 Å². The van der Waals surface area contributed by atoms with Crippen LogP contribution in [0.2, 0.25) is 5.02 Å². The summed E-state index contributed by atoms with van der Waals surface area (Å²) in [7, 11) is 3.68. The van der Waals surface area contributed by atoms with Crippen molar-refractivity contribution in [2.45, 2.75) is 0 Å². The Morgan fingerprint density at radius 1 is 1.50 bits per heavy atom. The van der Waals surface area contributed by atoms with Crippen molar-refractivity contribution < 1.29 is 14.1 Å². The lowest BCUT2D eigenvalue weighted by Crippen LogP contribution is -2.60. The zero-order chi connectivity index (χ0) is 16.2. The molecule has 0 spiro atoms. The van der Waals surface area contributed by atoms with Crippen LogP contribution in [0.3, 0.4) is 0 Å². The Morgan fingerprint density at radius 2 is 2.18 bits per heavy atom. The van der Waals surface area contributed by atoms with Crippen molar-refractivity contribution in [2.75, 3.05) is 51.9 Å². The van der Waals surface area contributed by atoms with Crippen molar-refractivity contribution in [1.29, 1.82) is 0 Å². The second-order valence-electron chi connectivity index (χ2n) is 5.76. The molecular weight excluding hydrogens is 302 g/mol. The van der Waals surface area contributed by atoms with E-state index in [0.717, 1.165) is 24.1 Å². The van der Waals surface area contributed by atoms with E-state index in [2.05, 4.69) is 13.6 Å². The van der Waals surface area contributed by atoms with Gasteiger partial charge in [-0.15, -0.1) is 0 Å². The first kappa shape index (κ1) is 16.8. The molecule has 1 aliphatic heterocycles. The predicted molar refractivity (Wildman–Crippen MR) is 88.9 cm³/mol. The largest absolute Gasteiger partial charge is 0.349 e. The van der Waals surface area contributed by atoms with Gasteiger partial charge in [0.15, 0.2) is 0 Å². The fourth-order valence-corrected chi connectivity index (χ4v) is 2.84. The smallest absolute Gasteiger partial charge is 0.320 e. The molecule has 0 saturated carbocycles. The molecule has 0 atom stereocenters. The number of amides is 2. The molecule has 1 heterocycles. The van der Waals surface area contributed by atoms with Crippen molar-refractivity contribution in [3.63, 3.8) is 0 Å². The van der Waals surface area contributed by atoms with Gasteiger partial charge in [0.1, 0.15) is 0 Å². The Hall–Kier alpha value is -1.56. The van der Waals surface area contributed by atoms with Crippen LogP contribution in [0.5, 0.6) is 0 Å². The number of likely N-dealkylation sites (N-methyl/N-ethyl adjacent to an activating group) is 1. The minimum Gasteiger partial charge on any atom is -0.320 e. The molecule has 1 fully saturated rings. The zero-order valence-electron chi connectivity index (χ0n) is 13.2. The highest BCUT2D eigenvalue weighted by Gasteiger charge is 2.32. The van der Waals surface area contributed by atoms with Gasteiger partial charge < -0.3 is 9.38 Å². The van der Waals surface area contributed by atoms with Gasteiger partial charge in [-0.3, -0.25) is 4.84 Å². The van der Waals surface area contributed by atoms with Crippen LogP contribution >= 0.6 is 11.6 Å². The summed E-state index contributed by atoms with van der Waals surface area (Å²) in [6, 6.07) is 6.92. The molecule has 22 heavy (non-hydrogen) atoms. The number of carbonyl (C=O) groups is 1. The van der Waals surface area contributed by atoms with E-state index >= 15 is 0 Å². The van der Waals surface area contributed by atoms with E-state index in [0.29, 0.717) is 23.8 Å². The maximum Gasteiger partial charge on any atom is 0.349 e. The average Bonchev–Trinajstić information content (AvgIpc) is 2.49. The molecule has 0 radical (unpaired) electrons. The topological polar surface area (TPSA) is 32.8 Å². The fraction of sp³-hybridized carbons (Fsp3) is 0.438. The lowest BCUT2D eigenvalue weighted by molar-refractivity contribution is -0.907. The normalized spacial score (nSPS) is 17.1. The Labute approximate surface area is 136 Å². The van der Waals surface area contributed by atoms with Crippen molar-refractivity contribution in [3.8, 4) is 0 Å². The quantitative estimate of drug-likeness (QED) is 0.485. The highest BCUT2D eigenvalue weighted by molar-refractivity contribution is 6.30. The first-order chi connectivity index (χ1) is 10.5. The fourth-order valence-electron chi connectivity index (χ4n) is 2.66. The van der Waals surface area contributed by atoms with E-state index in [-0.39, 0.29) is 6.03 Å². The summed E-state index contributed by atoms with van der Waals surface area (Å²) < 4.78 is 0.914. The summed E-state index contributed by atoms with van der Waals surface area (Å²) in [6.07, 6.45) is 1.94. The van der Waals surface area contributed by atoms with E-state index in [1.54, 1.807) is 24.3 Å². The SMILES string of the molecule is C=CC[N+]1(C)CCN(C(=O)N(OC)c2cccc(Cl)c2)CC1. The molecule has 1 aliphatic rings. The summed E-state index contributed by atoms with van der Waals surface area (Å²) in [5.41, 5.74) is 0.633. The first-order valence-corrected chi connectivity index (χ1v) is 7.70. The van der Waals surface area contributed by atoms with Crippen LogP contribution in [-0.2, 0) is 4.84 Å². The van der Waals surface area contributed by atoms with Gasteiger partial charge in [0, 0.05) is 5.02 Å². The van der Waals surface area contributed by atoms with Gasteiger partial charge in [0.25, 0.3) is 0 Å². The molecule has 0 aromatic heterocycles. The lowest BCUT2D eigenvalue weighted by atomic mass is 10.2. The maximum atomic E-state index is 12.7. The number of piperazine rings is 1. The molecule has 2 amide bonds. The first-order valence-electron chi connectivity index (χ1n) is 7.32. The second-order valence-corrected chi connectivity index (χ2v) is 6.20. The Kier molecular flexibility index (Phi) is 5.45. The van der Waals surface area contributed by atoms with Crippen LogP contribution < -0.4 is 5.06 Å². The maximum absolute atomic E-state index is 12.7. The van der Waals surface area contributed by atoms with Crippen molar-refractivity contribution in [2.24, 2.45) is 0 Å². The number of benzene rings is 1. The standard InChI is InChI=1S/C16H23ClN3O2/c1-4-10-20(2)11-8-18(9-12-20)16(21)19(22-3)15-7-5-6-14(17)13-15/h4-7,13H,1,8-12H2,2-3H3/q+1. The number of halogens is 1. The van der Waals surface area contributed by atoms with Crippen molar-refractivity contribution in [1.82, 2.24) is 4.90 Å². The van der Waals surface area contributed by atoms with Gasteiger partial charge >= 0.3 is 6.03 Å². The Morgan fingerprint density at radius 3 is 2.73 bits per heavy atom. The average molecular weight is 325 g/mol. The van der Waals surface area contributed by atoms with Crippen LogP contribution in [0, 0.1) is 0 Å². The van der Waals surface area contributed by atoms with Gasteiger partial charge in [-0.1, -0.05) is 24.2 Å². The Bertz CT molecular complexity index is 542. The summed E-state index contributed by atoms with van der Waals surface area (Å²) in [5, 5.41) is 1.86. The van der Waals surface area contributed by atoms with Crippen LogP contribution in [0.25, 0.3) is 0 Å². The highest BCUT2D eigenvalue weighted by Crippen LogP contribution is 2.22. The zero-order valence-corrected chi connectivity index (χ0v) is 13.9. The monoisotopic (exact) mass is 324 g/mol. The number of nitrogens with zero attached hydrogens (tertiary/aromatic N) is 3. The number of hydrogen-bond acceptors (Lipinski definition) is 2. The second kappa shape index (κ2) is 7.13. The van der Waals surface area contributed by atoms with E-state index in [1.165, 1.54) is 12.2 Å². The summed E-state index contributed by atoms with van der Waals surface area (Å²) in [6.45, 7) is 7.94. The third kappa shape index (κ3) is 3.80. The van der Waals surface area contributed by atoms with Gasteiger partial charge in [-0.25, -0.2) is 4.79 Å². The number of rotatable bonds is 4. The Balaban J connectivity index is 2.06. The molecule has 120 valence electrons. The molecule has 0 aliphatic carbocycles. The minimum atomic E-state index is -0.158. The van der Waals surface area contributed by atoms with Crippen molar-refractivity contribution in [3.05, 3.63) is 41.9 Å². The summed E-state index contributed by atoms with van der Waals surface area (Å²) in [5.74, 6) is 0. The third-order valence-corrected chi connectivity index (χ3v) is 4.29. The van der Waals surface area contributed by atoms with E-state index in [4.69, 9.17) is 16.4 Å². The summed E-state index contributed by atoms with van der Waals surface area (Å²) in [4.78, 5) is 19.7.